The fourth-order valence-corrected chi connectivity index (χ4v) is 3.74. The molecule has 9 heteroatoms. The van der Waals surface area contributed by atoms with Gasteiger partial charge in [-0.2, -0.15) is 0 Å². The molecule has 0 aliphatic rings. The summed E-state index contributed by atoms with van der Waals surface area (Å²) in [5, 5.41) is 2.30. The van der Waals surface area contributed by atoms with Gasteiger partial charge in [-0.05, 0) is 12.1 Å². The monoisotopic (exact) mass is 318 g/mol. The van der Waals surface area contributed by atoms with Crippen LogP contribution in [0, 0.1) is 0 Å². The van der Waals surface area contributed by atoms with Crippen molar-refractivity contribution in [2.75, 3.05) is 30.3 Å². The van der Waals surface area contributed by atoms with Gasteiger partial charge in [-0.1, -0.05) is 12.1 Å². The molecule has 1 aromatic carbocycles. The summed E-state index contributed by atoms with van der Waals surface area (Å²) in [6, 6.07) is 6.60. The number of nitrogens with one attached hydrogen (secondary N) is 2. The molecule has 6 N–H and O–H groups in total. The molecule has 0 aliphatic heterocycles. The number of para-hydroxylation sites is 1. The zero-order valence-electron chi connectivity index (χ0n) is 10.8. The minimum atomic E-state index is -3.37. The molecule has 1 rings (SSSR count). The molecule has 0 heterocycles. The number of urea groups is 1. The maximum atomic E-state index is 11.7. The van der Waals surface area contributed by atoms with Gasteiger partial charge >= 0.3 is 6.03 Å². The smallest absolute Gasteiger partial charge is 0.312 e. The number of anilines is 1. The van der Waals surface area contributed by atoms with E-state index >= 15 is 0 Å². The summed E-state index contributed by atoms with van der Waals surface area (Å²) in [4.78, 5) is 11.3. The zero-order valence-corrected chi connectivity index (χ0v) is 12.5. The van der Waals surface area contributed by atoms with Gasteiger partial charge < -0.3 is 16.8 Å². The molecule has 0 saturated carbocycles. The number of thioether (sulfide) groups is 1. The van der Waals surface area contributed by atoms with E-state index in [1.54, 1.807) is 6.07 Å². The summed E-state index contributed by atoms with van der Waals surface area (Å²) in [6.45, 7) is 0.275. The van der Waals surface area contributed by atoms with Gasteiger partial charge in [0.15, 0.2) is 0 Å². The molecule has 0 atom stereocenters. The second kappa shape index (κ2) is 7.98. The van der Waals surface area contributed by atoms with Gasteiger partial charge in [-0.3, -0.25) is 0 Å². The Morgan fingerprint density at radius 3 is 2.60 bits per heavy atom. The third-order valence-electron chi connectivity index (χ3n) is 2.27. The highest BCUT2D eigenvalue weighted by Crippen LogP contribution is 2.24. The molecule has 0 unspecified atom stereocenters. The van der Waals surface area contributed by atoms with Crippen molar-refractivity contribution in [1.82, 2.24) is 10.0 Å². The summed E-state index contributed by atoms with van der Waals surface area (Å²) < 4.78 is 25.7. The average Bonchev–Trinajstić information content (AvgIpc) is 2.37. The number of nitrogens with two attached hydrogens (primary N) is 2. The molecule has 1 aromatic rings. The SMILES string of the molecule is NC(=O)NCCNS(=O)(=O)CCSc1ccccc1N. The van der Waals surface area contributed by atoms with Crippen molar-refractivity contribution >= 4 is 33.5 Å². The zero-order chi connectivity index (χ0) is 15.0. The minimum absolute atomic E-state index is 0.0252. The lowest BCUT2D eigenvalue weighted by Crippen LogP contribution is -2.38. The number of rotatable bonds is 8. The van der Waals surface area contributed by atoms with E-state index in [1.165, 1.54) is 11.8 Å². The Balaban J connectivity index is 2.29. The maximum Gasteiger partial charge on any atom is 0.312 e. The minimum Gasteiger partial charge on any atom is -0.398 e. The fourth-order valence-electron chi connectivity index (χ4n) is 1.34. The molecule has 2 amide bonds. The number of hydrogen-bond donors (Lipinski definition) is 4. The van der Waals surface area contributed by atoms with Crippen LogP contribution >= 0.6 is 11.8 Å². The Morgan fingerprint density at radius 2 is 1.95 bits per heavy atom. The summed E-state index contributed by atoms with van der Waals surface area (Å²) in [6.07, 6.45) is 0. The van der Waals surface area contributed by atoms with Gasteiger partial charge in [-0.15, -0.1) is 11.8 Å². The highest BCUT2D eigenvalue weighted by Gasteiger charge is 2.10. The Hall–Kier alpha value is -1.45. The van der Waals surface area contributed by atoms with E-state index in [-0.39, 0.29) is 18.8 Å². The molecule has 0 aromatic heterocycles. The van der Waals surface area contributed by atoms with Crippen LogP contribution < -0.4 is 21.5 Å². The number of sulfonamides is 1. The maximum absolute atomic E-state index is 11.7. The number of nitrogen functional groups attached to an aromatic ring is 1. The number of hydrogen-bond acceptors (Lipinski definition) is 5. The number of carbonyl (C=O) groups is 1. The molecule has 7 nitrogen and oxygen atoms in total. The largest absolute Gasteiger partial charge is 0.398 e. The first-order valence-corrected chi connectivity index (χ1v) is 8.52. The second-order valence-corrected chi connectivity index (χ2v) is 6.95. The normalized spacial score (nSPS) is 11.2. The van der Waals surface area contributed by atoms with E-state index < -0.39 is 16.1 Å². The lowest BCUT2D eigenvalue weighted by Gasteiger charge is -2.07. The quantitative estimate of drug-likeness (QED) is 0.303. The Bertz CT molecular complexity index is 548. The predicted octanol–water partition coefficient (Wildman–Crippen LogP) is -0.0514. The lowest BCUT2D eigenvalue weighted by atomic mass is 10.3. The van der Waals surface area contributed by atoms with Gasteiger partial charge in [0, 0.05) is 29.4 Å². The first-order chi connectivity index (χ1) is 9.41. The molecule has 0 bridgehead atoms. The van der Waals surface area contributed by atoms with Crippen molar-refractivity contribution < 1.29 is 13.2 Å². The highest BCUT2D eigenvalue weighted by molar-refractivity contribution is 8.00. The van der Waals surface area contributed by atoms with Gasteiger partial charge in [0.2, 0.25) is 10.0 Å². The predicted molar refractivity (Wildman–Crippen MR) is 81.0 cm³/mol. The number of amides is 2. The van der Waals surface area contributed by atoms with E-state index in [0.29, 0.717) is 11.4 Å². The summed E-state index contributed by atoms with van der Waals surface area (Å²) in [5.74, 6) is 0.370. The lowest BCUT2D eigenvalue weighted by molar-refractivity contribution is 0.249. The van der Waals surface area contributed by atoms with E-state index in [2.05, 4.69) is 10.0 Å². The van der Waals surface area contributed by atoms with E-state index in [4.69, 9.17) is 11.5 Å². The van der Waals surface area contributed by atoms with Crippen LogP contribution in [-0.2, 0) is 10.0 Å². The molecule has 0 aliphatic carbocycles. The van der Waals surface area contributed by atoms with Gasteiger partial charge in [-0.25, -0.2) is 17.9 Å². The molecule has 20 heavy (non-hydrogen) atoms. The second-order valence-electron chi connectivity index (χ2n) is 3.89. The van der Waals surface area contributed by atoms with Crippen molar-refractivity contribution in [3.63, 3.8) is 0 Å². The van der Waals surface area contributed by atoms with Crippen molar-refractivity contribution in [2.45, 2.75) is 4.90 Å². The van der Waals surface area contributed by atoms with Crippen molar-refractivity contribution in [3.8, 4) is 0 Å². The number of carbonyl (C=O) groups excluding carboxylic acids is 1. The fraction of sp³-hybridized carbons (Fsp3) is 0.364. The van der Waals surface area contributed by atoms with Crippen molar-refractivity contribution in [2.24, 2.45) is 5.73 Å². The summed E-state index contributed by atoms with van der Waals surface area (Å²) in [7, 11) is -3.37. The topological polar surface area (TPSA) is 127 Å². The van der Waals surface area contributed by atoms with E-state index in [1.807, 2.05) is 18.2 Å². The Kier molecular flexibility index (Phi) is 6.62. The first kappa shape index (κ1) is 16.6. The van der Waals surface area contributed by atoms with Crippen LogP contribution in [0.3, 0.4) is 0 Å². The van der Waals surface area contributed by atoms with Gasteiger partial charge in [0.05, 0.1) is 5.75 Å². The van der Waals surface area contributed by atoms with Crippen LogP contribution in [0.4, 0.5) is 10.5 Å². The van der Waals surface area contributed by atoms with Crippen LogP contribution in [0.2, 0.25) is 0 Å². The standard InChI is InChI=1S/C11H18N4O3S2/c12-9-3-1-2-4-10(9)19-7-8-20(17,18)15-6-5-14-11(13)16/h1-4,15H,5-8,12H2,(H3,13,14,16). The van der Waals surface area contributed by atoms with Crippen LogP contribution in [0.25, 0.3) is 0 Å². The van der Waals surface area contributed by atoms with Crippen LogP contribution in [-0.4, -0.2) is 39.0 Å². The summed E-state index contributed by atoms with van der Waals surface area (Å²) >= 11 is 1.38. The van der Waals surface area contributed by atoms with Gasteiger partial charge in [0.25, 0.3) is 0 Å². The van der Waals surface area contributed by atoms with Gasteiger partial charge in [0.1, 0.15) is 0 Å². The van der Waals surface area contributed by atoms with Crippen molar-refractivity contribution in [3.05, 3.63) is 24.3 Å². The molecule has 0 saturated heterocycles. The third-order valence-corrected chi connectivity index (χ3v) is 5.01. The molecule has 0 spiro atoms. The highest BCUT2D eigenvalue weighted by atomic mass is 32.2. The summed E-state index contributed by atoms with van der Waals surface area (Å²) in [5.41, 5.74) is 11.3. The third kappa shape index (κ3) is 6.64. The van der Waals surface area contributed by atoms with Crippen LogP contribution in [0.5, 0.6) is 0 Å². The number of benzene rings is 1. The average molecular weight is 318 g/mol. The van der Waals surface area contributed by atoms with Crippen LogP contribution in [0.15, 0.2) is 29.2 Å². The number of primary amides is 1. The van der Waals surface area contributed by atoms with E-state index in [0.717, 1.165) is 4.90 Å². The Labute approximate surface area is 122 Å². The molecule has 0 radical (unpaired) electrons. The Morgan fingerprint density at radius 1 is 1.25 bits per heavy atom. The molecular formula is C11H18N4O3S2. The molecule has 0 fully saturated rings. The molecule has 112 valence electrons. The van der Waals surface area contributed by atoms with Crippen LogP contribution in [0.1, 0.15) is 0 Å². The van der Waals surface area contributed by atoms with E-state index in [9.17, 15) is 13.2 Å². The molecular weight excluding hydrogens is 300 g/mol. The van der Waals surface area contributed by atoms with Crippen molar-refractivity contribution in [1.29, 1.82) is 0 Å². The first-order valence-electron chi connectivity index (χ1n) is 5.88.